The second-order valence-electron chi connectivity index (χ2n) is 8.03. The molecule has 7 heteroatoms. The molecule has 0 spiro atoms. The first-order chi connectivity index (χ1) is 16.0. The largest absolute Gasteiger partial charge is 0.508 e. The molecule has 0 saturated carbocycles. The summed E-state index contributed by atoms with van der Waals surface area (Å²) in [4.78, 5) is 4.60. The van der Waals surface area contributed by atoms with Crippen molar-refractivity contribution in [1.82, 2.24) is 9.80 Å². The highest BCUT2D eigenvalue weighted by atomic mass is 16.5. The molecule has 1 aliphatic rings. The summed E-state index contributed by atoms with van der Waals surface area (Å²) in [5.74, 6) is 2.27. The van der Waals surface area contributed by atoms with Gasteiger partial charge >= 0.3 is 0 Å². The van der Waals surface area contributed by atoms with Crippen LogP contribution >= 0.6 is 0 Å². The maximum Gasteiger partial charge on any atom is 0.203 e. The predicted octanol–water partition coefficient (Wildman–Crippen LogP) is 4.14. The zero-order valence-corrected chi connectivity index (χ0v) is 19.2. The summed E-state index contributed by atoms with van der Waals surface area (Å²) in [6, 6.07) is 18.7. The van der Waals surface area contributed by atoms with E-state index in [2.05, 4.69) is 9.80 Å². The van der Waals surface area contributed by atoms with E-state index in [9.17, 15) is 10.2 Å². The van der Waals surface area contributed by atoms with E-state index in [1.54, 1.807) is 33.5 Å². The van der Waals surface area contributed by atoms with Gasteiger partial charge in [0, 0.05) is 37.3 Å². The normalized spacial score (nSPS) is 15.0. The van der Waals surface area contributed by atoms with Gasteiger partial charge < -0.3 is 24.4 Å². The maximum atomic E-state index is 10.4. The minimum atomic E-state index is -0.127. The quantitative estimate of drug-likeness (QED) is 0.534. The SMILES string of the molecule is COc1cc(C2N(Cc3ccccc3O)CCN2Cc2ccccc2O)cc(OC)c1OC. The average Bonchev–Trinajstić information content (AvgIpc) is 3.22. The molecule has 174 valence electrons. The Morgan fingerprint density at radius 3 is 1.58 bits per heavy atom. The molecule has 0 bridgehead atoms. The monoisotopic (exact) mass is 450 g/mol. The number of nitrogens with zero attached hydrogens (tertiary/aromatic N) is 2. The number of hydrogen-bond donors (Lipinski definition) is 2. The van der Waals surface area contributed by atoms with Gasteiger partial charge in [-0.3, -0.25) is 9.80 Å². The second-order valence-corrected chi connectivity index (χ2v) is 8.03. The molecule has 0 aliphatic carbocycles. The highest BCUT2D eigenvalue weighted by Crippen LogP contribution is 2.43. The number of hydrogen-bond acceptors (Lipinski definition) is 7. The summed E-state index contributed by atoms with van der Waals surface area (Å²) in [6.45, 7) is 2.74. The molecule has 1 fully saturated rings. The predicted molar refractivity (Wildman–Crippen MR) is 126 cm³/mol. The van der Waals surface area contributed by atoms with Crippen molar-refractivity contribution in [3.8, 4) is 28.7 Å². The molecule has 3 aromatic carbocycles. The molecule has 2 N–H and O–H groups in total. The molecule has 3 aromatic rings. The van der Waals surface area contributed by atoms with Crippen LogP contribution in [0.15, 0.2) is 60.7 Å². The van der Waals surface area contributed by atoms with Gasteiger partial charge in [0.25, 0.3) is 0 Å². The van der Waals surface area contributed by atoms with E-state index in [-0.39, 0.29) is 17.7 Å². The van der Waals surface area contributed by atoms with E-state index in [1.165, 1.54) is 0 Å². The van der Waals surface area contributed by atoms with Crippen molar-refractivity contribution >= 4 is 0 Å². The van der Waals surface area contributed by atoms with Crippen LogP contribution in [0.1, 0.15) is 22.9 Å². The molecule has 1 aliphatic heterocycles. The minimum absolute atomic E-state index is 0.127. The zero-order chi connectivity index (χ0) is 23.4. The first-order valence-corrected chi connectivity index (χ1v) is 10.9. The summed E-state index contributed by atoms with van der Waals surface area (Å²) in [5.41, 5.74) is 2.70. The fourth-order valence-electron chi connectivity index (χ4n) is 4.46. The lowest BCUT2D eigenvalue weighted by Gasteiger charge is -2.32. The lowest BCUT2D eigenvalue weighted by atomic mass is 10.1. The molecule has 0 amide bonds. The van der Waals surface area contributed by atoms with Gasteiger partial charge in [0.1, 0.15) is 11.5 Å². The van der Waals surface area contributed by atoms with Gasteiger partial charge in [-0.1, -0.05) is 36.4 Å². The average molecular weight is 451 g/mol. The summed E-state index contributed by atoms with van der Waals surface area (Å²) < 4.78 is 16.7. The molecule has 33 heavy (non-hydrogen) atoms. The van der Waals surface area contributed by atoms with Crippen LogP contribution in [0.25, 0.3) is 0 Å². The highest BCUT2D eigenvalue weighted by Gasteiger charge is 2.35. The first kappa shape index (κ1) is 22.8. The van der Waals surface area contributed by atoms with Crippen LogP contribution in [0.2, 0.25) is 0 Å². The van der Waals surface area contributed by atoms with Crippen LogP contribution < -0.4 is 14.2 Å². The van der Waals surface area contributed by atoms with Gasteiger partial charge in [0.15, 0.2) is 11.5 Å². The van der Waals surface area contributed by atoms with Gasteiger partial charge in [-0.05, 0) is 29.8 Å². The fraction of sp³-hybridized carbons (Fsp3) is 0.308. The summed E-state index contributed by atoms with van der Waals surface area (Å²) in [7, 11) is 4.80. The van der Waals surface area contributed by atoms with Crippen molar-refractivity contribution in [2.75, 3.05) is 34.4 Å². The van der Waals surface area contributed by atoms with Gasteiger partial charge in [0.2, 0.25) is 5.75 Å². The Bertz CT molecular complexity index is 1020. The third-order valence-corrected chi connectivity index (χ3v) is 6.08. The smallest absolute Gasteiger partial charge is 0.203 e. The highest BCUT2D eigenvalue weighted by molar-refractivity contribution is 5.54. The summed E-state index contributed by atoms with van der Waals surface area (Å²) >= 11 is 0. The van der Waals surface area contributed by atoms with Gasteiger partial charge in [-0.2, -0.15) is 0 Å². The Morgan fingerprint density at radius 2 is 1.18 bits per heavy atom. The van der Waals surface area contributed by atoms with Crippen LogP contribution in [-0.4, -0.2) is 54.4 Å². The third kappa shape index (κ3) is 4.69. The number of methoxy groups -OCH3 is 3. The Labute approximate surface area is 194 Å². The molecule has 4 rings (SSSR count). The molecule has 1 saturated heterocycles. The molecule has 0 atom stereocenters. The minimum Gasteiger partial charge on any atom is -0.508 e. The number of rotatable bonds is 8. The van der Waals surface area contributed by atoms with Crippen LogP contribution in [-0.2, 0) is 13.1 Å². The van der Waals surface area contributed by atoms with E-state index in [0.29, 0.717) is 30.3 Å². The Hall–Kier alpha value is -3.42. The van der Waals surface area contributed by atoms with E-state index < -0.39 is 0 Å². The molecule has 0 radical (unpaired) electrons. The molecular weight excluding hydrogens is 420 g/mol. The lowest BCUT2D eigenvalue weighted by Crippen LogP contribution is -2.30. The van der Waals surface area contributed by atoms with Crippen molar-refractivity contribution in [1.29, 1.82) is 0 Å². The number of phenols is 2. The molecule has 0 aromatic heterocycles. The van der Waals surface area contributed by atoms with Gasteiger partial charge in [-0.15, -0.1) is 0 Å². The molecule has 7 nitrogen and oxygen atoms in total. The van der Waals surface area contributed by atoms with Gasteiger partial charge in [0.05, 0.1) is 27.5 Å². The lowest BCUT2D eigenvalue weighted by molar-refractivity contribution is 0.123. The molecule has 1 heterocycles. The Morgan fingerprint density at radius 1 is 0.727 bits per heavy atom. The van der Waals surface area contributed by atoms with E-state index >= 15 is 0 Å². The van der Waals surface area contributed by atoms with Crippen molar-refractivity contribution < 1.29 is 24.4 Å². The van der Waals surface area contributed by atoms with Crippen LogP contribution in [0.3, 0.4) is 0 Å². The first-order valence-electron chi connectivity index (χ1n) is 10.9. The standard InChI is InChI=1S/C26H30N2O5/c1-31-23-14-20(15-24(32-2)25(23)33-3)26-27(16-18-8-4-6-10-21(18)29)12-13-28(26)17-19-9-5-7-11-22(19)30/h4-11,14-15,26,29-30H,12-13,16-17H2,1-3H3. The van der Waals surface area contributed by atoms with Crippen LogP contribution in [0.5, 0.6) is 28.7 Å². The maximum absolute atomic E-state index is 10.4. The number of benzene rings is 3. The van der Waals surface area contributed by atoms with Crippen molar-refractivity contribution in [2.24, 2.45) is 0 Å². The number of ether oxygens (including phenoxy) is 3. The summed E-state index contributed by atoms with van der Waals surface area (Å²) in [5, 5.41) is 20.7. The topological polar surface area (TPSA) is 74.6 Å². The van der Waals surface area contributed by atoms with Crippen molar-refractivity contribution in [2.45, 2.75) is 19.3 Å². The Balaban J connectivity index is 1.74. The van der Waals surface area contributed by atoms with Crippen LogP contribution in [0, 0.1) is 0 Å². The van der Waals surface area contributed by atoms with E-state index in [1.807, 2.05) is 48.5 Å². The van der Waals surface area contributed by atoms with E-state index in [4.69, 9.17) is 14.2 Å². The number of phenolic OH excluding ortho intramolecular Hbond substituents is 2. The number of aromatic hydroxyl groups is 2. The summed E-state index contributed by atoms with van der Waals surface area (Å²) in [6.07, 6.45) is -0.127. The third-order valence-electron chi connectivity index (χ3n) is 6.08. The number of para-hydroxylation sites is 2. The second kappa shape index (κ2) is 10.0. The van der Waals surface area contributed by atoms with Crippen molar-refractivity contribution in [3.05, 3.63) is 77.4 Å². The van der Waals surface area contributed by atoms with Gasteiger partial charge in [-0.25, -0.2) is 0 Å². The Kier molecular flexibility index (Phi) is 6.91. The molecule has 0 unspecified atom stereocenters. The fourth-order valence-corrected chi connectivity index (χ4v) is 4.46. The van der Waals surface area contributed by atoms with Crippen molar-refractivity contribution in [3.63, 3.8) is 0 Å². The zero-order valence-electron chi connectivity index (χ0n) is 19.2. The van der Waals surface area contributed by atoms with E-state index in [0.717, 1.165) is 29.8 Å². The van der Waals surface area contributed by atoms with Crippen LogP contribution in [0.4, 0.5) is 0 Å². The molecular formula is C26H30N2O5.